The van der Waals surface area contributed by atoms with Gasteiger partial charge in [-0.2, -0.15) is 0 Å². The maximum Gasteiger partial charge on any atom is 0.573 e. The van der Waals surface area contributed by atoms with Gasteiger partial charge >= 0.3 is 18.4 Å². The lowest BCUT2D eigenvalue weighted by Gasteiger charge is -2.14. The van der Waals surface area contributed by atoms with Crippen LogP contribution in [-0.4, -0.2) is 30.5 Å². The van der Waals surface area contributed by atoms with Crippen molar-refractivity contribution in [3.63, 3.8) is 0 Å². The number of esters is 1. The predicted octanol–water partition coefficient (Wildman–Crippen LogP) is 5.34. The summed E-state index contributed by atoms with van der Waals surface area (Å²) in [6.07, 6.45) is -3.49. The number of benzene rings is 2. The molecule has 0 radical (unpaired) electrons. The van der Waals surface area contributed by atoms with Crippen LogP contribution in [0.25, 0.3) is 0 Å². The first kappa shape index (κ1) is 23.3. The van der Waals surface area contributed by atoms with Crippen LogP contribution in [0.1, 0.15) is 10.4 Å². The number of ether oxygens (including phenoxy) is 3. The second-order valence-corrected chi connectivity index (χ2v) is 6.21. The molecule has 3 rings (SSSR count). The predicted molar refractivity (Wildman–Crippen MR) is 108 cm³/mol. The number of nitrogens with zero attached hydrogens (tertiary/aromatic N) is 1. The molecule has 2 N–H and O–H groups in total. The molecular formula is C21H15F4N3O5. The molecule has 0 saturated carbocycles. The number of hydrogen-bond donors (Lipinski definition) is 2. The highest BCUT2D eigenvalue weighted by atomic mass is 19.4. The number of alkyl halides is 3. The van der Waals surface area contributed by atoms with Crippen LogP contribution >= 0.6 is 0 Å². The number of hydrogen-bond acceptors (Lipinski definition) is 6. The molecule has 0 atom stereocenters. The lowest BCUT2D eigenvalue weighted by Crippen LogP contribution is -2.20. The van der Waals surface area contributed by atoms with Crippen LogP contribution in [0.5, 0.6) is 17.4 Å². The van der Waals surface area contributed by atoms with E-state index in [0.29, 0.717) is 0 Å². The van der Waals surface area contributed by atoms with Crippen molar-refractivity contribution in [1.82, 2.24) is 4.98 Å². The summed E-state index contributed by atoms with van der Waals surface area (Å²) >= 11 is 0. The summed E-state index contributed by atoms with van der Waals surface area (Å²) in [5, 5.41) is 4.87. The normalized spacial score (nSPS) is 10.8. The fraction of sp³-hybridized carbons (Fsp3) is 0.0952. The molecule has 12 heteroatoms. The fourth-order valence-corrected chi connectivity index (χ4v) is 2.59. The minimum Gasteiger partial charge on any atom is -0.465 e. The van der Waals surface area contributed by atoms with Gasteiger partial charge in [0.2, 0.25) is 5.88 Å². The van der Waals surface area contributed by atoms with E-state index in [2.05, 4.69) is 25.1 Å². The average Bonchev–Trinajstić information content (AvgIpc) is 2.75. The van der Waals surface area contributed by atoms with Crippen LogP contribution < -0.4 is 20.1 Å². The molecular weight excluding hydrogens is 450 g/mol. The summed E-state index contributed by atoms with van der Waals surface area (Å²) < 4.78 is 64.7. The van der Waals surface area contributed by atoms with Gasteiger partial charge in [-0.25, -0.2) is 19.0 Å². The van der Waals surface area contributed by atoms with E-state index in [1.807, 2.05) is 0 Å². The van der Waals surface area contributed by atoms with Gasteiger partial charge in [-0.05, 0) is 48.5 Å². The molecule has 0 aliphatic carbocycles. The zero-order valence-electron chi connectivity index (χ0n) is 16.8. The number of aromatic nitrogens is 1. The number of methoxy groups -OCH3 is 1. The molecule has 1 heterocycles. The first-order chi connectivity index (χ1) is 15.7. The van der Waals surface area contributed by atoms with Crippen molar-refractivity contribution >= 4 is 23.4 Å². The Balaban J connectivity index is 1.73. The third-order valence-electron chi connectivity index (χ3n) is 3.94. The molecule has 33 heavy (non-hydrogen) atoms. The van der Waals surface area contributed by atoms with Gasteiger partial charge in [-0.15, -0.1) is 13.2 Å². The average molecular weight is 465 g/mol. The number of carbonyl (C=O) groups excluding carboxylic acids is 2. The summed E-state index contributed by atoms with van der Waals surface area (Å²) in [4.78, 5) is 28.2. The quantitative estimate of drug-likeness (QED) is 0.377. The van der Waals surface area contributed by atoms with E-state index in [4.69, 9.17) is 4.74 Å². The minimum absolute atomic E-state index is 0.0621. The number of pyridine rings is 1. The largest absolute Gasteiger partial charge is 0.573 e. The Labute approximate surface area is 184 Å². The second-order valence-electron chi connectivity index (χ2n) is 6.21. The Morgan fingerprint density at radius 1 is 0.970 bits per heavy atom. The van der Waals surface area contributed by atoms with Crippen LogP contribution in [-0.2, 0) is 4.74 Å². The Morgan fingerprint density at radius 2 is 1.70 bits per heavy atom. The van der Waals surface area contributed by atoms with Crippen molar-refractivity contribution in [3.8, 4) is 17.4 Å². The summed E-state index contributed by atoms with van der Waals surface area (Å²) in [5.74, 6) is -2.64. The molecule has 1 aromatic heterocycles. The van der Waals surface area contributed by atoms with Gasteiger partial charge in [-0.3, -0.25) is 0 Å². The van der Waals surface area contributed by atoms with Crippen LogP contribution in [0.3, 0.4) is 0 Å². The zero-order chi connectivity index (χ0) is 24.0. The highest BCUT2D eigenvalue weighted by molar-refractivity contribution is 6.00. The fourth-order valence-electron chi connectivity index (χ4n) is 2.59. The number of nitrogens with one attached hydrogen (secondary N) is 2. The van der Waals surface area contributed by atoms with E-state index < -0.39 is 35.5 Å². The van der Waals surface area contributed by atoms with Crippen LogP contribution in [0, 0.1) is 5.82 Å². The number of halogens is 4. The van der Waals surface area contributed by atoms with Crippen molar-refractivity contribution in [1.29, 1.82) is 0 Å². The van der Waals surface area contributed by atoms with E-state index in [-0.39, 0.29) is 23.0 Å². The number of amides is 2. The molecule has 0 saturated heterocycles. The van der Waals surface area contributed by atoms with Crippen molar-refractivity contribution in [2.24, 2.45) is 0 Å². The van der Waals surface area contributed by atoms with Gasteiger partial charge in [0.15, 0.2) is 0 Å². The van der Waals surface area contributed by atoms with Crippen LogP contribution in [0.4, 0.5) is 33.7 Å². The van der Waals surface area contributed by atoms with Gasteiger partial charge in [0.25, 0.3) is 0 Å². The number of anilines is 2. The van der Waals surface area contributed by atoms with E-state index in [9.17, 15) is 27.2 Å². The SMILES string of the molecule is COC(=O)c1c(F)cccc1Oc1ncccc1NC(=O)Nc1ccc(OC(F)(F)F)cc1. The highest BCUT2D eigenvalue weighted by Gasteiger charge is 2.31. The zero-order valence-corrected chi connectivity index (χ0v) is 16.8. The summed E-state index contributed by atoms with van der Waals surface area (Å²) in [6.45, 7) is 0. The molecule has 2 amide bonds. The van der Waals surface area contributed by atoms with E-state index in [1.54, 1.807) is 0 Å². The Bertz CT molecular complexity index is 1150. The topological polar surface area (TPSA) is 98.8 Å². The van der Waals surface area contributed by atoms with E-state index in [0.717, 1.165) is 25.3 Å². The molecule has 0 aliphatic heterocycles. The molecule has 3 aromatic rings. The van der Waals surface area contributed by atoms with E-state index >= 15 is 0 Å². The molecule has 172 valence electrons. The van der Waals surface area contributed by atoms with E-state index in [1.165, 1.54) is 42.6 Å². The molecule has 0 aliphatic rings. The molecule has 2 aromatic carbocycles. The standard InChI is InChI=1S/C21H15F4N3O5/c1-31-19(29)17-14(22)4-2-6-16(17)32-18-15(5-3-11-26-18)28-20(30)27-12-7-9-13(10-8-12)33-21(23,24)25/h2-11H,1H3,(H2,27,28,30). The van der Waals surface area contributed by atoms with Crippen molar-refractivity contribution < 1.29 is 41.4 Å². The van der Waals surface area contributed by atoms with Crippen molar-refractivity contribution in [2.75, 3.05) is 17.7 Å². The molecule has 0 fully saturated rings. The lowest BCUT2D eigenvalue weighted by atomic mass is 10.2. The maximum absolute atomic E-state index is 14.1. The first-order valence-corrected chi connectivity index (χ1v) is 9.10. The van der Waals surface area contributed by atoms with Gasteiger partial charge in [-0.1, -0.05) is 6.07 Å². The highest BCUT2D eigenvalue weighted by Crippen LogP contribution is 2.31. The van der Waals surface area contributed by atoms with Crippen LogP contribution in [0.2, 0.25) is 0 Å². The monoisotopic (exact) mass is 465 g/mol. The van der Waals surface area contributed by atoms with Gasteiger partial charge in [0, 0.05) is 11.9 Å². The molecule has 0 bridgehead atoms. The molecule has 0 spiro atoms. The maximum atomic E-state index is 14.1. The third kappa shape index (κ3) is 6.32. The number of rotatable bonds is 6. The summed E-state index contributed by atoms with van der Waals surface area (Å²) in [5.41, 5.74) is -0.221. The lowest BCUT2D eigenvalue weighted by molar-refractivity contribution is -0.274. The first-order valence-electron chi connectivity index (χ1n) is 9.10. The Kier molecular flexibility index (Phi) is 6.96. The Hall–Kier alpha value is -4.35. The Morgan fingerprint density at radius 3 is 2.36 bits per heavy atom. The van der Waals surface area contributed by atoms with Crippen molar-refractivity contribution in [3.05, 3.63) is 72.2 Å². The van der Waals surface area contributed by atoms with Gasteiger partial charge in [0.1, 0.15) is 28.6 Å². The number of carbonyl (C=O) groups is 2. The molecule has 8 nitrogen and oxygen atoms in total. The summed E-state index contributed by atoms with van der Waals surface area (Å²) in [7, 11) is 1.08. The smallest absolute Gasteiger partial charge is 0.465 e. The number of urea groups is 1. The molecule has 0 unspecified atom stereocenters. The third-order valence-corrected chi connectivity index (χ3v) is 3.94. The minimum atomic E-state index is -4.83. The van der Waals surface area contributed by atoms with Crippen LogP contribution in [0.15, 0.2) is 60.8 Å². The van der Waals surface area contributed by atoms with Crippen molar-refractivity contribution in [2.45, 2.75) is 6.36 Å². The summed E-state index contributed by atoms with van der Waals surface area (Å²) in [6, 6.07) is 10.3. The second kappa shape index (κ2) is 9.85. The van der Waals surface area contributed by atoms with Gasteiger partial charge < -0.3 is 24.8 Å². The van der Waals surface area contributed by atoms with Gasteiger partial charge in [0.05, 0.1) is 7.11 Å².